The van der Waals surface area contributed by atoms with E-state index in [1.165, 1.54) is 18.2 Å². The van der Waals surface area contributed by atoms with Gasteiger partial charge in [-0.1, -0.05) is 6.92 Å². The van der Waals surface area contributed by atoms with Gasteiger partial charge in [-0.25, -0.2) is 4.39 Å². The molecular weight excluding hydrogens is 303 g/mol. The molecule has 0 fully saturated rings. The second kappa shape index (κ2) is 6.64. The molecule has 3 nitrogen and oxygen atoms in total. The van der Waals surface area contributed by atoms with Crippen LogP contribution in [0.2, 0.25) is 0 Å². The number of Topliss-reactive ketones (excluding diaryl/α,β-unsaturated/α-hetero) is 1. The molecule has 1 rings (SSSR count). The molecule has 0 saturated heterocycles. The van der Waals surface area contributed by atoms with Crippen LogP contribution < -0.4 is 0 Å². The fourth-order valence-corrected chi connectivity index (χ4v) is 2.13. The summed E-state index contributed by atoms with van der Waals surface area (Å²) >= 11 is 3.12. The Kier molecular flexibility index (Phi) is 5.47. The molecule has 1 atom stereocenters. The Labute approximate surface area is 113 Å². The number of carbonyl (C=O) groups excluding carboxylic acids is 2. The summed E-state index contributed by atoms with van der Waals surface area (Å²) in [6, 6.07) is 3.75. The summed E-state index contributed by atoms with van der Waals surface area (Å²) in [5.74, 6) is -2.18. The predicted molar refractivity (Wildman–Crippen MR) is 68.8 cm³/mol. The van der Waals surface area contributed by atoms with E-state index in [1.807, 2.05) is 0 Å². The maximum absolute atomic E-state index is 12.9. The molecule has 0 saturated carbocycles. The van der Waals surface area contributed by atoms with Gasteiger partial charge >= 0.3 is 5.97 Å². The third kappa shape index (κ3) is 3.38. The first-order chi connectivity index (χ1) is 8.51. The van der Waals surface area contributed by atoms with Crippen molar-refractivity contribution in [3.8, 4) is 0 Å². The first kappa shape index (κ1) is 14.8. The Bertz CT molecular complexity index is 460. The van der Waals surface area contributed by atoms with Gasteiger partial charge in [-0.3, -0.25) is 9.59 Å². The van der Waals surface area contributed by atoms with Crippen LogP contribution in [0.1, 0.15) is 30.6 Å². The van der Waals surface area contributed by atoms with Crippen LogP contribution in [0.25, 0.3) is 0 Å². The smallest absolute Gasteiger partial charge is 0.316 e. The lowest BCUT2D eigenvalue weighted by Crippen LogP contribution is -2.26. The number of carbonyl (C=O) groups is 2. The zero-order valence-corrected chi connectivity index (χ0v) is 11.8. The van der Waals surface area contributed by atoms with Crippen LogP contribution in [0.4, 0.5) is 4.39 Å². The number of halogens is 2. The zero-order chi connectivity index (χ0) is 13.7. The minimum atomic E-state index is -0.841. The lowest BCUT2D eigenvalue weighted by molar-refractivity contribution is -0.146. The van der Waals surface area contributed by atoms with E-state index in [9.17, 15) is 14.0 Å². The van der Waals surface area contributed by atoms with E-state index in [4.69, 9.17) is 4.74 Å². The third-order valence-corrected chi connectivity index (χ3v) is 3.15. The topological polar surface area (TPSA) is 43.4 Å². The second-order valence-electron chi connectivity index (χ2n) is 3.70. The molecule has 0 aliphatic rings. The van der Waals surface area contributed by atoms with Crippen LogP contribution in [0.5, 0.6) is 0 Å². The number of esters is 1. The van der Waals surface area contributed by atoms with Gasteiger partial charge in [0.15, 0.2) is 5.78 Å². The Morgan fingerprint density at radius 2 is 2.06 bits per heavy atom. The van der Waals surface area contributed by atoms with E-state index < -0.39 is 17.7 Å². The third-order valence-electron chi connectivity index (χ3n) is 2.49. The van der Waals surface area contributed by atoms with Crippen LogP contribution in [-0.2, 0) is 9.53 Å². The lowest BCUT2D eigenvalue weighted by Gasteiger charge is -2.13. The van der Waals surface area contributed by atoms with Crippen LogP contribution >= 0.6 is 15.9 Å². The number of hydrogen-bond acceptors (Lipinski definition) is 3. The van der Waals surface area contributed by atoms with Crippen molar-refractivity contribution in [1.29, 1.82) is 0 Å². The first-order valence-electron chi connectivity index (χ1n) is 5.67. The number of benzene rings is 1. The molecule has 0 heterocycles. The molecule has 0 spiro atoms. The van der Waals surface area contributed by atoms with Crippen LogP contribution in [0, 0.1) is 11.7 Å². The molecule has 1 aromatic carbocycles. The number of ketones is 1. The van der Waals surface area contributed by atoms with Crippen molar-refractivity contribution >= 4 is 27.7 Å². The summed E-state index contributed by atoms with van der Waals surface area (Å²) in [4.78, 5) is 23.8. The Morgan fingerprint density at radius 3 is 2.56 bits per heavy atom. The van der Waals surface area contributed by atoms with E-state index in [0.29, 0.717) is 10.9 Å². The average molecular weight is 317 g/mol. The van der Waals surface area contributed by atoms with Gasteiger partial charge in [0, 0.05) is 10.0 Å². The lowest BCUT2D eigenvalue weighted by atomic mass is 9.95. The standard InChI is InChI=1S/C13H14BrFO3/c1-3-9(13(17)18-4-2)12(16)10-6-5-8(15)7-11(10)14/h5-7,9H,3-4H2,1-2H3. The molecule has 0 aliphatic carbocycles. The Hall–Kier alpha value is -1.23. The molecule has 0 aromatic heterocycles. The van der Waals surface area contributed by atoms with E-state index >= 15 is 0 Å². The van der Waals surface area contributed by atoms with Gasteiger partial charge in [-0.2, -0.15) is 0 Å². The van der Waals surface area contributed by atoms with E-state index in [2.05, 4.69) is 15.9 Å². The summed E-state index contributed by atoms with van der Waals surface area (Å²) in [6.07, 6.45) is 0.349. The van der Waals surface area contributed by atoms with E-state index in [-0.39, 0.29) is 18.0 Å². The van der Waals surface area contributed by atoms with Gasteiger partial charge in [-0.15, -0.1) is 0 Å². The Morgan fingerprint density at radius 1 is 1.39 bits per heavy atom. The normalized spacial score (nSPS) is 12.0. The monoisotopic (exact) mass is 316 g/mol. The molecule has 5 heteroatoms. The number of rotatable bonds is 5. The fourth-order valence-electron chi connectivity index (χ4n) is 1.58. The second-order valence-corrected chi connectivity index (χ2v) is 4.56. The van der Waals surface area contributed by atoms with Gasteiger partial charge in [0.1, 0.15) is 11.7 Å². The summed E-state index contributed by atoms with van der Waals surface area (Å²) in [7, 11) is 0. The highest BCUT2D eigenvalue weighted by Crippen LogP contribution is 2.23. The number of ether oxygens (including phenoxy) is 1. The minimum absolute atomic E-state index is 0.229. The summed E-state index contributed by atoms with van der Waals surface area (Å²) in [6.45, 7) is 3.65. The minimum Gasteiger partial charge on any atom is -0.465 e. The SMILES string of the molecule is CCOC(=O)C(CC)C(=O)c1ccc(F)cc1Br. The van der Waals surface area contributed by atoms with Crippen molar-refractivity contribution in [2.45, 2.75) is 20.3 Å². The molecule has 18 heavy (non-hydrogen) atoms. The average Bonchev–Trinajstić information content (AvgIpc) is 2.29. The maximum Gasteiger partial charge on any atom is 0.316 e. The van der Waals surface area contributed by atoms with Gasteiger partial charge in [-0.05, 0) is 47.5 Å². The predicted octanol–water partition coefficient (Wildman–Crippen LogP) is 3.36. The highest BCUT2D eigenvalue weighted by Gasteiger charge is 2.28. The molecule has 1 aromatic rings. The molecule has 1 unspecified atom stereocenters. The van der Waals surface area contributed by atoms with E-state index in [0.717, 1.165) is 0 Å². The zero-order valence-electron chi connectivity index (χ0n) is 10.2. The quantitative estimate of drug-likeness (QED) is 0.475. The Balaban J connectivity index is 3.00. The van der Waals surface area contributed by atoms with Crippen LogP contribution in [0.3, 0.4) is 0 Å². The highest BCUT2D eigenvalue weighted by atomic mass is 79.9. The first-order valence-corrected chi connectivity index (χ1v) is 6.46. The molecule has 0 aliphatic heterocycles. The van der Waals surface area contributed by atoms with Gasteiger partial charge in [0.05, 0.1) is 6.61 Å². The van der Waals surface area contributed by atoms with Gasteiger partial charge in [0.25, 0.3) is 0 Å². The summed E-state index contributed by atoms with van der Waals surface area (Å²) in [5, 5.41) is 0. The number of hydrogen-bond donors (Lipinski definition) is 0. The highest BCUT2D eigenvalue weighted by molar-refractivity contribution is 9.10. The molecule has 0 amide bonds. The van der Waals surface area contributed by atoms with Gasteiger partial charge < -0.3 is 4.74 Å². The van der Waals surface area contributed by atoms with Crippen molar-refractivity contribution in [2.75, 3.05) is 6.61 Å². The molecule has 0 N–H and O–H groups in total. The molecule has 98 valence electrons. The van der Waals surface area contributed by atoms with Crippen molar-refractivity contribution < 1.29 is 18.7 Å². The van der Waals surface area contributed by atoms with Crippen LogP contribution in [0.15, 0.2) is 22.7 Å². The largest absolute Gasteiger partial charge is 0.465 e. The summed E-state index contributed by atoms with van der Waals surface area (Å²) < 4.78 is 18.1. The molecule has 0 bridgehead atoms. The van der Waals surface area contributed by atoms with Crippen molar-refractivity contribution in [1.82, 2.24) is 0 Å². The maximum atomic E-state index is 12.9. The molecule has 0 radical (unpaired) electrons. The fraction of sp³-hybridized carbons (Fsp3) is 0.385. The van der Waals surface area contributed by atoms with Crippen molar-refractivity contribution in [2.24, 2.45) is 5.92 Å². The van der Waals surface area contributed by atoms with Crippen molar-refractivity contribution in [3.63, 3.8) is 0 Å². The van der Waals surface area contributed by atoms with Crippen molar-refractivity contribution in [3.05, 3.63) is 34.1 Å². The van der Waals surface area contributed by atoms with Crippen LogP contribution in [-0.4, -0.2) is 18.4 Å². The summed E-state index contributed by atoms with van der Waals surface area (Å²) in [5.41, 5.74) is 0.288. The molecular formula is C13H14BrFO3. The van der Waals surface area contributed by atoms with Gasteiger partial charge in [0.2, 0.25) is 0 Å². The van der Waals surface area contributed by atoms with E-state index in [1.54, 1.807) is 13.8 Å².